The summed E-state index contributed by atoms with van der Waals surface area (Å²) >= 11 is 0. The monoisotopic (exact) mass is 567 g/mol. The first-order valence-corrected chi connectivity index (χ1v) is 13.1. The van der Waals surface area contributed by atoms with Gasteiger partial charge < -0.3 is 27.0 Å². The number of carbonyl (C=O) groups is 3. The first-order valence-electron chi connectivity index (χ1n) is 13.1. The van der Waals surface area contributed by atoms with Crippen LogP contribution in [0.25, 0.3) is 11.1 Å². The minimum absolute atomic E-state index is 0.0702. The van der Waals surface area contributed by atoms with Crippen molar-refractivity contribution in [2.75, 3.05) is 4.90 Å². The maximum Gasteiger partial charge on any atom is 0.416 e. The van der Waals surface area contributed by atoms with E-state index in [1.807, 2.05) is 48.5 Å². The van der Waals surface area contributed by atoms with Crippen molar-refractivity contribution in [1.29, 1.82) is 0 Å². The highest BCUT2D eigenvalue weighted by Crippen LogP contribution is 2.36. The van der Waals surface area contributed by atoms with Crippen LogP contribution in [0.15, 0.2) is 66.7 Å². The molecular weight excluding hydrogens is 535 g/mol. The van der Waals surface area contributed by atoms with Crippen LogP contribution in [0.4, 0.5) is 23.7 Å². The Labute approximate surface area is 235 Å². The van der Waals surface area contributed by atoms with Crippen molar-refractivity contribution < 1.29 is 27.6 Å². The molecule has 0 radical (unpaired) electrons. The molecule has 0 unspecified atom stereocenters. The lowest BCUT2D eigenvalue weighted by atomic mass is 9.98. The van der Waals surface area contributed by atoms with Crippen molar-refractivity contribution in [3.05, 3.63) is 89.0 Å². The number of alkyl halides is 3. The molecule has 1 aliphatic heterocycles. The molecule has 1 aliphatic rings. The second kappa shape index (κ2) is 11.6. The number of rotatable bonds is 7. The van der Waals surface area contributed by atoms with E-state index in [0.29, 0.717) is 11.3 Å². The molecule has 3 aromatic carbocycles. The molecule has 4 amide bonds. The van der Waals surface area contributed by atoms with Crippen molar-refractivity contribution in [1.82, 2.24) is 10.6 Å². The molecule has 0 saturated carbocycles. The van der Waals surface area contributed by atoms with Gasteiger partial charge in [-0.15, -0.1) is 0 Å². The number of fused-ring (bicyclic) bond motifs is 1. The van der Waals surface area contributed by atoms with Gasteiger partial charge in [-0.05, 0) is 72.7 Å². The van der Waals surface area contributed by atoms with Crippen molar-refractivity contribution in [3.63, 3.8) is 0 Å². The van der Waals surface area contributed by atoms with E-state index in [4.69, 9.17) is 11.5 Å². The molecule has 8 nitrogen and oxygen atoms in total. The molecule has 0 saturated heterocycles. The summed E-state index contributed by atoms with van der Waals surface area (Å²) in [6, 6.07) is 16.6. The maximum absolute atomic E-state index is 13.7. The fourth-order valence-electron chi connectivity index (χ4n) is 4.71. The fourth-order valence-corrected chi connectivity index (χ4v) is 4.71. The van der Waals surface area contributed by atoms with E-state index < -0.39 is 41.2 Å². The summed E-state index contributed by atoms with van der Waals surface area (Å²) in [5, 5.41) is 5.27. The van der Waals surface area contributed by atoms with E-state index in [9.17, 15) is 27.6 Å². The number of benzene rings is 3. The Morgan fingerprint density at radius 2 is 1.71 bits per heavy atom. The van der Waals surface area contributed by atoms with Gasteiger partial charge in [0.25, 0.3) is 0 Å². The van der Waals surface area contributed by atoms with E-state index in [1.165, 1.54) is 24.8 Å². The number of amides is 4. The van der Waals surface area contributed by atoms with Gasteiger partial charge >= 0.3 is 12.2 Å². The van der Waals surface area contributed by atoms with Crippen LogP contribution in [0, 0.1) is 0 Å². The average Bonchev–Trinajstić information content (AvgIpc) is 3.03. The number of nitrogens with two attached hydrogens (primary N) is 2. The third-order valence-electron chi connectivity index (χ3n) is 6.93. The topological polar surface area (TPSA) is 131 Å². The zero-order chi connectivity index (χ0) is 29.9. The van der Waals surface area contributed by atoms with Crippen LogP contribution >= 0.6 is 0 Å². The predicted octanol–water partition coefficient (Wildman–Crippen LogP) is 4.24. The molecule has 3 aromatic rings. The fraction of sp³-hybridized carbons (Fsp3) is 0.300. The SMILES string of the molecule is CC(C)(N)C(=O)N[C@@H]1CCc2cc(C(F)(F)F)ccc2N(Cc2ccc(-c3ccccc3CNC(N)=O)cc2)C1=O. The standard InChI is InChI=1S/C30H32F3N5O3/c1-29(2,35)27(40)37-24-13-11-20-15-22(30(31,32)33)12-14-25(20)38(26(24)39)17-18-7-9-19(10-8-18)23-6-4-3-5-21(23)16-36-28(34)41/h3-10,12,14-15,24H,11,13,16-17,35H2,1-2H3,(H,37,40)(H3,34,36,41)/t24-/m1/s1. The van der Waals surface area contributed by atoms with Gasteiger partial charge in [-0.1, -0.05) is 48.5 Å². The van der Waals surface area contributed by atoms with Gasteiger partial charge in [0.05, 0.1) is 17.6 Å². The van der Waals surface area contributed by atoms with Crippen LogP contribution < -0.4 is 27.0 Å². The molecule has 41 heavy (non-hydrogen) atoms. The third-order valence-corrected chi connectivity index (χ3v) is 6.93. The largest absolute Gasteiger partial charge is 0.416 e. The molecule has 1 heterocycles. The quantitative estimate of drug-likeness (QED) is 0.340. The highest BCUT2D eigenvalue weighted by Gasteiger charge is 2.36. The molecule has 4 rings (SSSR count). The number of anilines is 1. The highest BCUT2D eigenvalue weighted by atomic mass is 19.4. The van der Waals surface area contributed by atoms with Crippen molar-refractivity contribution in [2.45, 2.75) is 57.5 Å². The maximum atomic E-state index is 13.7. The molecular formula is C30H32F3N5O3. The van der Waals surface area contributed by atoms with Gasteiger partial charge in [-0.25, -0.2) is 4.79 Å². The number of nitrogens with zero attached hydrogens (tertiary/aromatic N) is 1. The molecule has 0 aliphatic carbocycles. The lowest BCUT2D eigenvalue weighted by Gasteiger charge is -2.28. The van der Waals surface area contributed by atoms with E-state index in [-0.39, 0.29) is 25.9 Å². The number of hydrogen-bond acceptors (Lipinski definition) is 4. The Morgan fingerprint density at radius 3 is 2.34 bits per heavy atom. The Morgan fingerprint density at radius 1 is 1.02 bits per heavy atom. The smallest absolute Gasteiger partial charge is 0.352 e. The molecule has 1 atom stereocenters. The lowest BCUT2D eigenvalue weighted by molar-refractivity contribution is -0.137. The third kappa shape index (κ3) is 7.04. The van der Waals surface area contributed by atoms with Crippen molar-refractivity contribution >= 4 is 23.5 Å². The van der Waals surface area contributed by atoms with Gasteiger partial charge in [0.1, 0.15) is 6.04 Å². The van der Waals surface area contributed by atoms with Crippen LogP contribution in [0.2, 0.25) is 0 Å². The molecule has 0 bridgehead atoms. The molecule has 0 spiro atoms. The molecule has 11 heteroatoms. The molecule has 216 valence electrons. The van der Waals surface area contributed by atoms with Gasteiger partial charge in [0, 0.05) is 12.2 Å². The Kier molecular flexibility index (Phi) is 8.39. The zero-order valence-corrected chi connectivity index (χ0v) is 22.7. The second-order valence-corrected chi connectivity index (χ2v) is 10.6. The molecule has 0 aromatic heterocycles. The summed E-state index contributed by atoms with van der Waals surface area (Å²) < 4.78 is 40.4. The first kappa shape index (κ1) is 29.6. The highest BCUT2D eigenvalue weighted by molar-refractivity contribution is 6.01. The number of aryl methyl sites for hydroxylation is 1. The number of urea groups is 1. The molecule has 0 fully saturated rings. The second-order valence-electron chi connectivity index (χ2n) is 10.6. The summed E-state index contributed by atoms with van der Waals surface area (Å²) in [5.74, 6) is -0.973. The van der Waals surface area contributed by atoms with E-state index in [0.717, 1.165) is 34.4 Å². The van der Waals surface area contributed by atoms with E-state index >= 15 is 0 Å². The van der Waals surface area contributed by atoms with Gasteiger partial charge in [-0.2, -0.15) is 13.2 Å². The van der Waals surface area contributed by atoms with Crippen LogP contribution in [-0.2, 0) is 35.3 Å². The normalized spacial score (nSPS) is 15.6. The minimum Gasteiger partial charge on any atom is -0.352 e. The number of primary amides is 1. The average molecular weight is 568 g/mol. The first-order chi connectivity index (χ1) is 19.2. The predicted molar refractivity (Wildman–Crippen MR) is 149 cm³/mol. The minimum atomic E-state index is -4.54. The number of hydrogen-bond donors (Lipinski definition) is 4. The van der Waals surface area contributed by atoms with E-state index in [1.54, 1.807) is 0 Å². The summed E-state index contributed by atoms with van der Waals surface area (Å²) in [7, 11) is 0. The summed E-state index contributed by atoms with van der Waals surface area (Å²) in [6.07, 6.45) is -4.25. The summed E-state index contributed by atoms with van der Waals surface area (Å²) in [6.45, 7) is 3.34. The molecule has 6 N–H and O–H groups in total. The van der Waals surface area contributed by atoms with E-state index in [2.05, 4.69) is 10.6 Å². The van der Waals surface area contributed by atoms with Gasteiger partial charge in [-0.3, -0.25) is 9.59 Å². The number of carbonyl (C=O) groups excluding carboxylic acids is 3. The number of nitrogens with one attached hydrogen (secondary N) is 2. The lowest BCUT2D eigenvalue weighted by Crippen LogP contribution is -2.56. The van der Waals surface area contributed by atoms with Crippen molar-refractivity contribution in [3.8, 4) is 11.1 Å². The van der Waals surface area contributed by atoms with Crippen LogP contribution in [0.3, 0.4) is 0 Å². The zero-order valence-electron chi connectivity index (χ0n) is 22.7. The van der Waals surface area contributed by atoms with Gasteiger partial charge in [0.2, 0.25) is 11.8 Å². The number of halogens is 3. The van der Waals surface area contributed by atoms with Crippen LogP contribution in [0.1, 0.15) is 42.5 Å². The van der Waals surface area contributed by atoms with Gasteiger partial charge in [0.15, 0.2) is 0 Å². The van der Waals surface area contributed by atoms with Crippen LogP contribution in [-0.4, -0.2) is 29.4 Å². The Hall–Kier alpha value is -4.38. The summed E-state index contributed by atoms with van der Waals surface area (Å²) in [4.78, 5) is 38.9. The Balaban J connectivity index is 1.66. The van der Waals surface area contributed by atoms with Crippen LogP contribution in [0.5, 0.6) is 0 Å². The van der Waals surface area contributed by atoms with Crippen molar-refractivity contribution in [2.24, 2.45) is 11.5 Å². The summed E-state index contributed by atoms with van der Waals surface area (Å²) in [5.41, 5.74) is 13.1. The Bertz CT molecular complexity index is 1450.